The molecule has 2 unspecified atom stereocenters. The summed E-state index contributed by atoms with van der Waals surface area (Å²) >= 11 is 3.42. The van der Waals surface area contributed by atoms with Crippen LogP contribution in [0.3, 0.4) is 0 Å². The van der Waals surface area contributed by atoms with Gasteiger partial charge in [0.15, 0.2) is 0 Å². The Balaban J connectivity index is 2.05. The van der Waals surface area contributed by atoms with Crippen molar-refractivity contribution in [1.29, 1.82) is 0 Å². The standard InChI is InChI=1S/C13H16BrNO2/c1-8-7-9(5-6-11(8)14)15-13(17)10-3-2-4-12(10)16/h5-7,10,12,16H,2-4H2,1H3,(H,15,17). The minimum Gasteiger partial charge on any atom is -0.392 e. The molecule has 1 aliphatic carbocycles. The zero-order valence-corrected chi connectivity index (χ0v) is 11.3. The summed E-state index contributed by atoms with van der Waals surface area (Å²) in [6.45, 7) is 1.98. The van der Waals surface area contributed by atoms with Gasteiger partial charge in [0.1, 0.15) is 0 Å². The van der Waals surface area contributed by atoms with E-state index in [4.69, 9.17) is 0 Å². The highest BCUT2D eigenvalue weighted by atomic mass is 79.9. The Labute approximate surface area is 109 Å². The van der Waals surface area contributed by atoms with E-state index < -0.39 is 6.10 Å². The van der Waals surface area contributed by atoms with Gasteiger partial charge in [-0.1, -0.05) is 15.9 Å². The minimum atomic E-state index is -0.480. The average Bonchev–Trinajstić information content (AvgIpc) is 2.70. The van der Waals surface area contributed by atoms with Crippen LogP contribution in [-0.2, 0) is 4.79 Å². The molecule has 17 heavy (non-hydrogen) atoms. The molecule has 2 N–H and O–H groups in total. The molecule has 1 amide bonds. The zero-order valence-electron chi connectivity index (χ0n) is 9.74. The van der Waals surface area contributed by atoms with Crippen molar-refractivity contribution < 1.29 is 9.90 Å². The average molecular weight is 298 g/mol. The van der Waals surface area contributed by atoms with Crippen LogP contribution in [0.1, 0.15) is 24.8 Å². The number of carbonyl (C=O) groups excluding carboxylic acids is 1. The van der Waals surface area contributed by atoms with Gasteiger partial charge in [-0.15, -0.1) is 0 Å². The number of hydrogen-bond acceptors (Lipinski definition) is 2. The summed E-state index contributed by atoms with van der Waals surface area (Å²) in [4.78, 5) is 11.9. The van der Waals surface area contributed by atoms with Gasteiger partial charge in [0.05, 0.1) is 12.0 Å². The molecular formula is C13H16BrNO2. The lowest BCUT2D eigenvalue weighted by Crippen LogP contribution is -2.28. The van der Waals surface area contributed by atoms with E-state index in [-0.39, 0.29) is 11.8 Å². The third kappa shape index (κ3) is 2.87. The first-order valence-electron chi connectivity index (χ1n) is 5.83. The molecule has 0 aliphatic heterocycles. The molecule has 0 aromatic heterocycles. The van der Waals surface area contributed by atoms with Crippen LogP contribution < -0.4 is 5.32 Å². The SMILES string of the molecule is Cc1cc(NC(=O)C2CCCC2O)ccc1Br. The topological polar surface area (TPSA) is 49.3 Å². The molecule has 1 saturated carbocycles. The molecule has 2 atom stereocenters. The van der Waals surface area contributed by atoms with E-state index >= 15 is 0 Å². The van der Waals surface area contributed by atoms with Gasteiger partial charge in [-0.25, -0.2) is 0 Å². The molecule has 0 spiro atoms. The quantitative estimate of drug-likeness (QED) is 0.882. The number of aryl methyl sites for hydroxylation is 1. The van der Waals surface area contributed by atoms with Gasteiger partial charge in [0, 0.05) is 10.2 Å². The van der Waals surface area contributed by atoms with Crippen LogP contribution in [-0.4, -0.2) is 17.1 Å². The fourth-order valence-corrected chi connectivity index (χ4v) is 2.45. The first-order valence-corrected chi connectivity index (χ1v) is 6.62. The van der Waals surface area contributed by atoms with Gasteiger partial charge in [-0.05, 0) is 49.9 Å². The second kappa shape index (κ2) is 5.19. The Kier molecular flexibility index (Phi) is 3.84. The number of aliphatic hydroxyl groups is 1. The first-order chi connectivity index (χ1) is 8.08. The Morgan fingerprint density at radius 1 is 1.47 bits per heavy atom. The summed E-state index contributed by atoms with van der Waals surface area (Å²) < 4.78 is 1.02. The van der Waals surface area contributed by atoms with Crippen molar-refractivity contribution in [2.24, 2.45) is 5.92 Å². The van der Waals surface area contributed by atoms with Crippen LogP contribution in [0.4, 0.5) is 5.69 Å². The molecule has 0 saturated heterocycles. The Bertz CT molecular complexity index is 433. The summed E-state index contributed by atoms with van der Waals surface area (Å²) in [6.07, 6.45) is 1.96. The minimum absolute atomic E-state index is 0.0725. The summed E-state index contributed by atoms with van der Waals surface area (Å²) in [5, 5.41) is 12.5. The first kappa shape index (κ1) is 12.6. The van der Waals surface area contributed by atoms with Crippen molar-refractivity contribution in [3.8, 4) is 0 Å². The number of hydrogen-bond donors (Lipinski definition) is 2. The Morgan fingerprint density at radius 2 is 2.24 bits per heavy atom. The molecule has 4 heteroatoms. The maximum absolute atomic E-state index is 11.9. The van der Waals surface area contributed by atoms with Crippen molar-refractivity contribution in [2.45, 2.75) is 32.3 Å². The fraction of sp³-hybridized carbons (Fsp3) is 0.462. The maximum atomic E-state index is 11.9. The van der Waals surface area contributed by atoms with Crippen molar-refractivity contribution in [2.75, 3.05) is 5.32 Å². The Hall–Kier alpha value is -0.870. The summed E-state index contributed by atoms with van der Waals surface area (Å²) in [7, 11) is 0. The van der Waals surface area contributed by atoms with Crippen molar-refractivity contribution >= 4 is 27.5 Å². The van der Waals surface area contributed by atoms with E-state index in [1.165, 1.54) is 0 Å². The van der Waals surface area contributed by atoms with Crippen LogP contribution in [0, 0.1) is 12.8 Å². The predicted molar refractivity (Wildman–Crippen MR) is 70.9 cm³/mol. The van der Waals surface area contributed by atoms with Gasteiger partial charge in [0.2, 0.25) is 5.91 Å². The number of anilines is 1. The van der Waals surface area contributed by atoms with Crippen LogP contribution in [0.5, 0.6) is 0 Å². The molecular weight excluding hydrogens is 282 g/mol. The molecule has 92 valence electrons. The molecule has 1 aliphatic rings. The van der Waals surface area contributed by atoms with Crippen LogP contribution in [0.25, 0.3) is 0 Å². The van der Waals surface area contributed by atoms with E-state index in [1.807, 2.05) is 25.1 Å². The van der Waals surface area contributed by atoms with Gasteiger partial charge in [-0.2, -0.15) is 0 Å². The fourth-order valence-electron chi connectivity index (χ4n) is 2.20. The van der Waals surface area contributed by atoms with E-state index in [9.17, 15) is 9.90 Å². The van der Waals surface area contributed by atoms with E-state index in [0.717, 1.165) is 35.0 Å². The molecule has 0 bridgehead atoms. The zero-order chi connectivity index (χ0) is 12.4. The number of amides is 1. The maximum Gasteiger partial charge on any atom is 0.230 e. The predicted octanol–water partition coefficient (Wildman–Crippen LogP) is 2.86. The number of nitrogens with one attached hydrogen (secondary N) is 1. The number of benzene rings is 1. The third-order valence-corrected chi connectivity index (χ3v) is 4.13. The largest absolute Gasteiger partial charge is 0.392 e. The van der Waals surface area contributed by atoms with Crippen molar-refractivity contribution in [3.05, 3.63) is 28.2 Å². The van der Waals surface area contributed by atoms with Crippen LogP contribution in [0.2, 0.25) is 0 Å². The molecule has 1 fully saturated rings. The molecule has 1 aromatic carbocycles. The lowest BCUT2D eigenvalue weighted by molar-refractivity contribution is -0.122. The van der Waals surface area contributed by atoms with Crippen molar-refractivity contribution in [3.63, 3.8) is 0 Å². The van der Waals surface area contributed by atoms with Gasteiger partial charge in [0.25, 0.3) is 0 Å². The van der Waals surface area contributed by atoms with Gasteiger partial charge >= 0.3 is 0 Å². The van der Waals surface area contributed by atoms with E-state index in [2.05, 4.69) is 21.2 Å². The Morgan fingerprint density at radius 3 is 2.82 bits per heavy atom. The summed E-state index contributed by atoms with van der Waals surface area (Å²) in [5.74, 6) is -0.323. The third-order valence-electron chi connectivity index (χ3n) is 3.24. The number of aliphatic hydroxyl groups excluding tert-OH is 1. The van der Waals surface area contributed by atoms with Gasteiger partial charge in [-0.3, -0.25) is 4.79 Å². The lowest BCUT2D eigenvalue weighted by Gasteiger charge is -2.14. The molecule has 0 heterocycles. The van der Waals surface area contributed by atoms with Crippen LogP contribution in [0.15, 0.2) is 22.7 Å². The number of carbonyl (C=O) groups is 1. The van der Waals surface area contributed by atoms with Crippen LogP contribution >= 0.6 is 15.9 Å². The lowest BCUT2D eigenvalue weighted by atomic mass is 10.1. The highest BCUT2D eigenvalue weighted by molar-refractivity contribution is 9.10. The summed E-state index contributed by atoms with van der Waals surface area (Å²) in [5.41, 5.74) is 1.87. The molecule has 0 radical (unpaired) electrons. The van der Waals surface area contributed by atoms with Gasteiger partial charge < -0.3 is 10.4 Å². The highest BCUT2D eigenvalue weighted by Gasteiger charge is 2.31. The normalized spacial score (nSPS) is 23.7. The second-order valence-corrected chi connectivity index (χ2v) is 5.41. The molecule has 2 rings (SSSR count). The number of halogens is 1. The number of rotatable bonds is 2. The monoisotopic (exact) mass is 297 g/mol. The van der Waals surface area contributed by atoms with Crippen molar-refractivity contribution in [1.82, 2.24) is 0 Å². The van der Waals surface area contributed by atoms with E-state index in [0.29, 0.717) is 0 Å². The molecule has 1 aromatic rings. The smallest absolute Gasteiger partial charge is 0.230 e. The highest BCUT2D eigenvalue weighted by Crippen LogP contribution is 2.27. The molecule has 3 nitrogen and oxygen atoms in total. The second-order valence-electron chi connectivity index (χ2n) is 4.56. The summed E-state index contributed by atoms with van der Waals surface area (Å²) in [6, 6.07) is 5.69. The van der Waals surface area contributed by atoms with E-state index in [1.54, 1.807) is 0 Å².